The van der Waals surface area contributed by atoms with Gasteiger partial charge in [-0.3, -0.25) is 4.79 Å². The molecular formula is C13H25NO4. The maximum Gasteiger partial charge on any atom is 0.407 e. The predicted molar refractivity (Wildman–Crippen MR) is 69.4 cm³/mol. The lowest BCUT2D eigenvalue weighted by Crippen LogP contribution is -2.52. The Morgan fingerprint density at radius 1 is 1.11 bits per heavy atom. The first-order chi connectivity index (χ1) is 7.88. The van der Waals surface area contributed by atoms with Gasteiger partial charge in [0.25, 0.3) is 0 Å². The fourth-order valence-corrected chi connectivity index (χ4v) is 1.75. The molecule has 18 heavy (non-hydrogen) atoms. The first-order valence-corrected chi connectivity index (χ1v) is 6.11. The number of alkyl carbamates (subject to hydrolysis) is 1. The zero-order valence-electron chi connectivity index (χ0n) is 12.3. The van der Waals surface area contributed by atoms with Crippen LogP contribution in [0, 0.1) is 11.3 Å². The maximum atomic E-state index is 11.7. The fourth-order valence-electron chi connectivity index (χ4n) is 1.75. The topological polar surface area (TPSA) is 75.6 Å². The lowest BCUT2D eigenvalue weighted by molar-refractivity contribution is -0.149. The molecule has 0 saturated heterocycles. The van der Waals surface area contributed by atoms with Gasteiger partial charge in [0.05, 0.1) is 11.5 Å². The van der Waals surface area contributed by atoms with Gasteiger partial charge >= 0.3 is 12.1 Å². The first kappa shape index (κ1) is 16.7. The van der Waals surface area contributed by atoms with Gasteiger partial charge in [-0.05, 0) is 40.5 Å². The van der Waals surface area contributed by atoms with Crippen LogP contribution in [0.2, 0.25) is 0 Å². The minimum atomic E-state index is -1.05. The number of rotatable bonds is 4. The van der Waals surface area contributed by atoms with Gasteiger partial charge < -0.3 is 15.2 Å². The van der Waals surface area contributed by atoms with E-state index >= 15 is 0 Å². The second-order valence-electron chi connectivity index (χ2n) is 6.39. The molecule has 0 aliphatic rings. The average Bonchev–Trinajstić information content (AvgIpc) is 2.10. The van der Waals surface area contributed by atoms with Gasteiger partial charge in [-0.25, -0.2) is 4.79 Å². The van der Waals surface area contributed by atoms with Crippen molar-refractivity contribution in [2.24, 2.45) is 11.3 Å². The van der Waals surface area contributed by atoms with Crippen molar-refractivity contribution in [3.8, 4) is 0 Å². The molecule has 0 aliphatic heterocycles. The molecule has 0 fully saturated rings. The number of carbonyl (C=O) groups is 2. The minimum Gasteiger partial charge on any atom is -0.481 e. The Hall–Kier alpha value is -1.26. The van der Waals surface area contributed by atoms with Crippen LogP contribution in [0.1, 0.15) is 48.5 Å². The van der Waals surface area contributed by atoms with E-state index in [0.29, 0.717) is 0 Å². The lowest BCUT2D eigenvalue weighted by Gasteiger charge is -2.34. The molecule has 0 bridgehead atoms. The molecule has 0 aromatic heterocycles. The Morgan fingerprint density at radius 3 is 1.83 bits per heavy atom. The molecule has 5 heteroatoms. The molecule has 1 atom stereocenters. The van der Waals surface area contributed by atoms with Gasteiger partial charge in [-0.15, -0.1) is 0 Å². The van der Waals surface area contributed by atoms with E-state index in [0.717, 1.165) is 0 Å². The average molecular weight is 259 g/mol. The molecule has 106 valence electrons. The Kier molecular flexibility index (Phi) is 5.20. The van der Waals surface area contributed by atoms with E-state index in [9.17, 15) is 14.7 Å². The van der Waals surface area contributed by atoms with Crippen molar-refractivity contribution >= 4 is 12.1 Å². The van der Waals surface area contributed by atoms with E-state index in [-0.39, 0.29) is 5.92 Å². The SMILES string of the molecule is CC(C)[C@@H](NC(=O)OC(C)(C)C)C(C)(C)C(=O)O. The summed E-state index contributed by atoms with van der Waals surface area (Å²) in [6.45, 7) is 12.2. The van der Waals surface area contributed by atoms with E-state index < -0.39 is 29.1 Å². The van der Waals surface area contributed by atoms with E-state index in [4.69, 9.17) is 4.74 Å². The highest BCUT2D eigenvalue weighted by atomic mass is 16.6. The molecular weight excluding hydrogens is 234 g/mol. The summed E-state index contributed by atoms with van der Waals surface area (Å²) in [6.07, 6.45) is -0.587. The largest absolute Gasteiger partial charge is 0.481 e. The second-order valence-corrected chi connectivity index (χ2v) is 6.39. The first-order valence-electron chi connectivity index (χ1n) is 6.11. The molecule has 5 nitrogen and oxygen atoms in total. The van der Waals surface area contributed by atoms with Gasteiger partial charge in [0, 0.05) is 0 Å². The number of amides is 1. The standard InChI is InChI=1S/C13H25NO4/c1-8(2)9(13(6,7)10(15)16)14-11(17)18-12(3,4)5/h8-9H,1-7H3,(H,14,17)(H,15,16)/t9-/m1/s1. The Bertz CT molecular complexity index is 315. The van der Waals surface area contributed by atoms with Crippen molar-refractivity contribution in [1.82, 2.24) is 5.32 Å². The van der Waals surface area contributed by atoms with E-state index in [1.807, 2.05) is 13.8 Å². The third-order valence-corrected chi connectivity index (χ3v) is 2.67. The smallest absolute Gasteiger partial charge is 0.407 e. The van der Waals surface area contributed by atoms with Crippen LogP contribution in [0.25, 0.3) is 0 Å². The molecule has 0 heterocycles. The third-order valence-electron chi connectivity index (χ3n) is 2.67. The van der Waals surface area contributed by atoms with E-state index in [1.165, 1.54) is 0 Å². The van der Waals surface area contributed by atoms with Crippen molar-refractivity contribution in [2.75, 3.05) is 0 Å². The van der Waals surface area contributed by atoms with Crippen LogP contribution in [0.3, 0.4) is 0 Å². The van der Waals surface area contributed by atoms with E-state index in [2.05, 4.69) is 5.32 Å². The number of ether oxygens (including phenoxy) is 1. The van der Waals surface area contributed by atoms with Crippen LogP contribution in [0.5, 0.6) is 0 Å². The monoisotopic (exact) mass is 259 g/mol. The highest BCUT2D eigenvalue weighted by molar-refractivity contribution is 5.76. The molecule has 0 spiro atoms. The highest BCUT2D eigenvalue weighted by Crippen LogP contribution is 2.26. The van der Waals surface area contributed by atoms with Crippen LogP contribution >= 0.6 is 0 Å². The van der Waals surface area contributed by atoms with E-state index in [1.54, 1.807) is 34.6 Å². The zero-order chi connectivity index (χ0) is 14.7. The zero-order valence-corrected chi connectivity index (χ0v) is 12.3. The lowest BCUT2D eigenvalue weighted by atomic mass is 9.78. The number of carboxylic acid groups (broad SMARTS) is 1. The van der Waals surface area contributed by atoms with Gasteiger partial charge in [0.2, 0.25) is 0 Å². The number of hydrogen-bond acceptors (Lipinski definition) is 3. The minimum absolute atomic E-state index is 0.0105. The summed E-state index contributed by atoms with van der Waals surface area (Å²) in [5.41, 5.74) is -1.65. The Balaban J connectivity index is 4.86. The van der Waals surface area contributed by atoms with Crippen molar-refractivity contribution in [3.63, 3.8) is 0 Å². The van der Waals surface area contributed by atoms with Gasteiger partial charge in [-0.1, -0.05) is 13.8 Å². The number of nitrogens with one attached hydrogen (secondary N) is 1. The Morgan fingerprint density at radius 2 is 1.56 bits per heavy atom. The molecule has 0 aliphatic carbocycles. The van der Waals surface area contributed by atoms with Crippen molar-refractivity contribution < 1.29 is 19.4 Å². The second kappa shape index (κ2) is 5.59. The van der Waals surface area contributed by atoms with Gasteiger partial charge in [-0.2, -0.15) is 0 Å². The van der Waals surface area contributed by atoms with Crippen molar-refractivity contribution in [1.29, 1.82) is 0 Å². The molecule has 1 amide bonds. The summed E-state index contributed by atoms with van der Waals surface area (Å²) in [5.74, 6) is -0.958. The third kappa shape index (κ3) is 4.94. The number of carboxylic acids is 1. The summed E-state index contributed by atoms with van der Waals surface area (Å²) < 4.78 is 5.15. The van der Waals surface area contributed by atoms with Crippen LogP contribution in [0.15, 0.2) is 0 Å². The molecule has 0 rings (SSSR count). The Labute approximate surface area is 109 Å². The summed E-state index contributed by atoms with van der Waals surface area (Å²) >= 11 is 0. The highest BCUT2D eigenvalue weighted by Gasteiger charge is 2.40. The molecule has 0 aromatic carbocycles. The molecule has 0 unspecified atom stereocenters. The van der Waals surface area contributed by atoms with Crippen molar-refractivity contribution in [3.05, 3.63) is 0 Å². The molecule has 2 N–H and O–H groups in total. The number of hydrogen-bond donors (Lipinski definition) is 2. The summed E-state index contributed by atoms with van der Waals surface area (Å²) in [4.78, 5) is 23.0. The van der Waals surface area contributed by atoms with Crippen molar-refractivity contribution in [2.45, 2.75) is 60.1 Å². The maximum absolute atomic E-state index is 11.7. The van der Waals surface area contributed by atoms with Crippen LogP contribution in [-0.4, -0.2) is 28.8 Å². The molecule has 0 aromatic rings. The number of aliphatic carboxylic acids is 1. The summed E-state index contributed by atoms with van der Waals surface area (Å²) in [6, 6.07) is -0.496. The number of carbonyl (C=O) groups excluding carboxylic acids is 1. The fraction of sp³-hybridized carbons (Fsp3) is 0.846. The molecule has 0 saturated carbocycles. The summed E-state index contributed by atoms with van der Waals surface area (Å²) in [5, 5.41) is 11.9. The van der Waals surface area contributed by atoms with Crippen LogP contribution < -0.4 is 5.32 Å². The normalized spacial score (nSPS) is 14.2. The molecule has 0 radical (unpaired) electrons. The van der Waals surface area contributed by atoms with Crippen LogP contribution in [-0.2, 0) is 9.53 Å². The summed E-state index contributed by atoms with van der Waals surface area (Å²) in [7, 11) is 0. The van der Waals surface area contributed by atoms with Gasteiger partial charge in [0.1, 0.15) is 5.60 Å². The van der Waals surface area contributed by atoms with Crippen LogP contribution in [0.4, 0.5) is 4.79 Å². The predicted octanol–water partition coefficient (Wildman–Crippen LogP) is 2.65. The van der Waals surface area contributed by atoms with Gasteiger partial charge in [0.15, 0.2) is 0 Å². The quantitative estimate of drug-likeness (QED) is 0.813.